The van der Waals surface area contributed by atoms with E-state index in [2.05, 4.69) is 5.10 Å². The minimum Gasteiger partial charge on any atom is -0.493 e. The lowest BCUT2D eigenvalue weighted by molar-refractivity contribution is -0.134. The first-order valence-corrected chi connectivity index (χ1v) is 11.8. The van der Waals surface area contributed by atoms with Crippen LogP contribution in [-0.2, 0) is 32.4 Å². The highest BCUT2D eigenvalue weighted by Gasteiger charge is 2.38. The normalized spacial score (nSPS) is 23.1. The Morgan fingerprint density at radius 1 is 1.10 bits per heavy atom. The Labute approximate surface area is 175 Å². The number of methoxy groups -OCH3 is 2. The number of rotatable bonds is 4. The fourth-order valence-corrected chi connectivity index (χ4v) is 5.91. The number of hydrogen-bond acceptors (Lipinski definition) is 7. The van der Waals surface area contributed by atoms with Crippen molar-refractivity contribution in [2.75, 3.05) is 32.3 Å². The number of hydrogen-bond donors (Lipinski definition) is 0. The summed E-state index contributed by atoms with van der Waals surface area (Å²) in [5.74, 6) is 0.785. The molecule has 162 valence electrons. The Balaban J connectivity index is 1.53. The Morgan fingerprint density at radius 2 is 1.80 bits per heavy atom. The Morgan fingerprint density at radius 3 is 2.43 bits per heavy atom. The molecule has 0 saturated carbocycles. The van der Waals surface area contributed by atoms with E-state index in [-0.39, 0.29) is 36.2 Å². The molecule has 0 radical (unpaired) electrons. The van der Waals surface area contributed by atoms with Crippen LogP contribution in [0.15, 0.2) is 17.2 Å². The minimum absolute atomic E-state index is 0.0501. The molecule has 0 N–H and O–H groups in total. The van der Waals surface area contributed by atoms with E-state index >= 15 is 0 Å². The lowest BCUT2D eigenvalue weighted by atomic mass is 9.98. The summed E-state index contributed by atoms with van der Waals surface area (Å²) in [6, 6.07) is 3.34. The number of ether oxygens (including phenoxy) is 2. The van der Waals surface area contributed by atoms with Crippen LogP contribution in [-0.4, -0.2) is 74.2 Å². The maximum atomic E-state index is 13.1. The third-order valence-corrected chi connectivity index (χ3v) is 7.62. The summed E-state index contributed by atoms with van der Waals surface area (Å²) in [6.07, 6.45) is 1.47. The van der Waals surface area contributed by atoms with Crippen LogP contribution < -0.4 is 9.47 Å². The SMILES string of the molecule is COc1cc2c(cc1OC)CN(C(=O)C1=NN(C3CCS(=O)(=O)C3)C(=O)CC1)CC2. The number of amides is 2. The summed E-state index contributed by atoms with van der Waals surface area (Å²) in [5, 5.41) is 5.53. The van der Waals surface area contributed by atoms with Crippen LogP contribution in [0.4, 0.5) is 0 Å². The monoisotopic (exact) mass is 435 g/mol. The van der Waals surface area contributed by atoms with E-state index in [4.69, 9.17) is 9.47 Å². The minimum atomic E-state index is -3.15. The van der Waals surface area contributed by atoms with Gasteiger partial charge in [0.15, 0.2) is 21.3 Å². The zero-order chi connectivity index (χ0) is 21.5. The van der Waals surface area contributed by atoms with Crippen molar-refractivity contribution in [1.82, 2.24) is 9.91 Å². The van der Waals surface area contributed by atoms with Gasteiger partial charge in [-0.1, -0.05) is 0 Å². The molecule has 3 aliphatic heterocycles. The maximum absolute atomic E-state index is 13.1. The van der Waals surface area contributed by atoms with E-state index in [9.17, 15) is 18.0 Å². The molecule has 0 bridgehead atoms. The van der Waals surface area contributed by atoms with Gasteiger partial charge in [0.25, 0.3) is 5.91 Å². The molecule has 1 fully saturated rings. The zero-order valence-corrected chi connectivity index (χ0v) is 17.9. The second-order valence-corrected chi connectivity index (χ2v) is 10.0. The van der Waals surface area contributed by atoms with Crippen LogP contribution >= 0.6 is 0 Å². The van der Waals surface area contributed by atoms with Crippen molar-refractivity contribution in [2.45, 2.75) is 38.3 Å². The number of fused-ring (bicyclic) bond motifs is 1. The maximum Gasteiger partial charge on any atom is 0.270 e. The average molecular weight is 436 g/mol. The summed E-state index contributed by atoms with van der Waals surface area (Å²) >= 11 is 0. The molecule has 1 unspecified atom stereocenters. The molecular formula is C20H25N3O6S. The quantitative estimate of drug-likeness (QED) is 0.691. The average Bonchev–Trinajstić information content (AvgIpc) is 3.11. The smallest absolute Gasteiger partial charge is 0.270 e. The predicted molar refractivity (Wildman–Crippen MR) is 109 cm³/mol. The second-order valence-electron chi connectivity index (χ2n) is 7.79. The molecular weight excluding hydrogens is 410 g/mol. The standard InChI is InChI=1S/C20H25N3O6S/c1-28-17-9-13-5-7-22(11-14(13)10-18(17)29-2)20(25)16-3-4-19(24)23(21-16)15-6-8-30(26,27)12-15/h9-10,15H,3-8,11-12H2,1-2H3. The Bertz CT molecular complexity index is 1020. The number of carbonyl (C=O) groups excluding carboxylic acids is 2. The fourth-order valence-electron chi connectivity index (χ4n) is 4.22. The summed E-state index contributed by atoms with van der Waals surface area (Å²) in [7, 11) is 0.00814. The van der Waals surface area contributed by atoms with E-state index in [0.717, 1.165) is 11.1 Å². The summed E-state index contributed by atoms with van der Waals surface area (Å²) in [4.78, 5) is 27.1. The van der Waals surface area contributed by atoms with Gasteiger partial charge in [0.05, 0.1) is 31.8 Å². The van der Waals surface area contributed by atoms with Gasteiger partial charge in [0.2, 0.25) is 5.91 Å². The molecule has 0 spiro atoms. The van der Waals surface area contributed by atoms with Gasteiger partial charge in [0.1, 0.15) is 5.71 Å². The van der Waals surface area contributed by atoms with Crippen LogP contribution in [0.3, 0.4) is 0 Å². The molecule has 30 heavy (non-hydrogen) atoms. The molecule has 1 atom stereocenters. The second kappa shape index (κ2) is 7.90. The van der Waals surface area contributed by atoms with Crippen molar-refractivity contribution in [2.24, 2.45) is 5.10 Å². The van der Waals surface area contributed by atoms with Gasteiger partial charge >= 0.3 is 0 Å². The summed E-state index contributed by atoms with van der Waals surface area (Å²) in [5.41, 5.74) is 2.40. The number of sulfone groups is 1. The van der Waals surface area contributed by atoms with Crippen molar-refractivity contribution in [3.05, 3.63) is 23.3 Å². The number of carbonyl (C=O) groups is 2. The van der Waals surface area contributed by atoms with Gasteiger partial charge in [-0.25, -0.2) is 13.4 Å². The van der Waals surface area contributed by atoms with Crippen molar-refractivity contribution < 1.29 is 27.5 Å². The van der Waals surface area contributed by atoms with Crippen LogP contribution in [0.1, 0.15) is 30.4 Å². The predicted octanol–water partition coefficient (Wildman–Crippen LogP) is 0.754. The van der Waals surface area contributed by atoms with Gasteiger partial charge in [-0.2, -0.15) is 5.10 Å². The van der Waals surface area contributed by atoms with Crippen LogP contribution in [0.5, 0.6) is 11.5 Å². The Kier molecular flexibility index (Phi) is 5.44. The topological polar surface area (TPSA) is 106 Å². The first-order chi connectivity index (χ1) is 14.3. The lowest BCUT2D eigenvalue weighted by Gasteiger charge is -2.32. The van der Waals surface area contributed by atoms with Gasteiger partial charge < -0.3 is 14.4 Å². The van der Waals surface area contributed by atoms with Gasteiger partial charge in [-0.05, 0) is 36.1 Å². The van der Waals surface area contributed by atoms with E-state index in [0.29, 0.717) is 43.1 Å². The van der Waals surface area contributed by atoms with E-state index in [1.54, 1.807) is 19.1 Å². The molecule has 2 amide bonds. The third kappa shape index (κ3) is 3.88. The van der Waals surface area contributed by atoms with Crippen molar-refractivity contribution in [1.29, 1.82) is 0 Å². The lowest BCUT2D eigenvalue weighted by Crippen LogP contribution is -2.46. The van der Waals surface area contributed by atoms with Crippen molar-refractivity contribution in [3.8, 4) is 11.5 Å². The van der Waals surface area contributed by atoms with Gasteiger partial charge in [-0.15, -0.1) is 0 Å². The van der Waals surface area contributed by atoms with E-state index in [1.807, 2.05) is 12.1 Å². The zero-order valence-electron chi connectivity index (χ0n) is 17.1. The number of benzene rings is 1. The summed E-state index contributed by atoms with van der Waals surface area (Å²) in [6.45, 7) is 0.950. The van der Waals surface area contributed by atoms with E-state index in [1.165, 1.54) is 5.01 Å². The molecule has 9 nitrogen and oxygen atoms in total. The van der Waals surface area contributed by atoms with Gasteiger partial charge in [0, 0.05) is 25.9 Å². The molecule has 1 saturated heterocycles. The number of hydrazone groups is 1. The van der Waals surface area contributed by atoms with E-state index < -0.39 is 15.9 Å². The highest BCUT2D eigenvalue weighted by molar-refractivity contribution is 7.91. The first-order valence-electron chi connectivity index (χ1n) is 9.94. The van der Waals surface area contributed by atoms with Gasteiger partial charge in [-0.3, -0.25) is 9.59 Å². The molecule has 3 aliphatic rings. The van der Waals surface area contributed by atoms with Crippen LogP contribution in [0.2, 0.25) is 0 Å². The first kappa shape index (κ1) is 20.6. The number of nitrogens with zero attached hydrogens (tertiary/aromatic N) is 3. The molecule has 10 heteroatoms. The third-order valence-electron chi connectivity index (χ3n) is 5.87. The molecule has 0 aliphatic carbocycles. The summed E-state index contributed by atoms with van der Waals surface area (Å²) < 4.78 is 34.3. The molecule has 1 aromatic rings. The highest BCUT2D eigenvalue weighted by atomic mass is 32.2. The fraction of sp³-hybridized carbons (Fsp3) is 0.550. The molecule has 3 heterocycles. The molecule has 0 aromatic heterocycles. The Hall–Kier alpha value is -2.62. The van der Waals surface area contributed by atoms with Crippen LogP contribution in [0.25, 0.3) is 0 Å². The van der Waals surface area contributed by atoms with Crippen LogP contribution in [0, 0.1) is 0 Å². The molecule has 4 rings (SSSR count). The highest BCUT2D eigenvalue weighted by Crippen LogP contribution is 2.33. The van der Waals surface area contributed by atoms with Crippen molar-refractivity contribution in [3.63, 3.8) is 0 Å². The molecule has 1 aromatic carbocycles. The van der Waals surface area contributed by atoms with Crippen molar-refractivity contribution >= 4 is 27.4 Å². The largest absolute Gasteiger partial charge is 0.493 e.